The number of hydrogen-bond acceptors (Lipinski definition) is 5. The van der Waals surface area contributed by atoms with Gasteiger partial charge in [0.1, 0.15) is 0 Å². The highest BCUT2D eigenvalue weighted by Crippen LogP contribution is 2.29. The molecule has 31 heavy (non-hydrogen) atoms. The number of hydrogen-bond donors (Lipinski definition) is 0. The number of piperazine rings is 1. The SMILES string of the molecule is O=C(Cc1cccc(C(F)(F)F)c1)N1CCN(c2ccc(N3CCCCC3)nn2)CC1. The molecule has 0 unspecified atom stereocenters. The average Bonchev–Trinajstić information content (AvgIpc) is 2.79. The zero-order valence-corrected chi connectivity index (χ0v) is 17.3. The van der Waals surface area contributed by atoms with Gasteiger partial charge in [-0.2, -0.15) is 13.2 Å². The fourth-order valence-corrected chi connectivity index (χ4v) is 4.11. The lowest BCUT2D eigenvalue weighted by Crippen LogP contribution is -2.49. The third-order valence-electron chi connectivity index (χ3n) is 5.88. The lowest BCUT2D eigenvalue weighted by atomic mass is 10.1. The molecule has 0 aliphatic carbocycles. The molecular formula is C22H26F3N5O. The predicted octanol–water partition coefficient (Wildman–Crippen LogP) is 3.38. The third kappa shape index (κ3) is 5.26. The molecule has 0 saturated carbocycles. The molecule has 2 aromatic rings. The predicted molar refractivity (Wildman–Crippen MR) is 112 cm³/mol. The highest BCUT2D eigenvalue weighted by Gasteiger charge is 2.31. The number of nitrogens with zero attached hydrogens (tertiary/aromatic N) is 5. The van der Waals surface area contributed by atoms with Gasteiger partial charge in [-0.15, -0.1) is 10.2 Å². The normalized spacial score (nSPS) is 17.7. The Morgan fingerprint density at radius 1 is 0.839 bits per heavy atom. The summed E-state index contributed by atoms with van der Waals surface area (Å²) in [5, 5.41) is 8.75. The molecule has 1 amide bonds. The van der Waals surface area contributed by atoms with E-state index in [9.17, 15) is 18.0 Å². The van der Waals surface area contributed by atoms with E-state index in [1.165, 1.54) is 25.3 Å². The van der Waals surface area contributed by atoms with E-state index in [2.05, 4.69) is 20.0 Å². The number of piperidine rings is 1. The van der Waals surface area contributed by atoms with Crippen molar-refractivity contribution in [1.82, 2.24) is 15.1 Å². The number of anilines is 2. The van der Waals surface area contributed by atoms with Gasteiger partial charge in [0.05, 0.1) is 12.0 Å². The first kappa shape index (κ1) is 21.4. The molecule has 166 valence electrons. The van der Waals surface area contributed by atoms with Crippen LogP contribution in [0, 0.1) is 0 Å². The molecular weight excluding hydrogens is 407 g/mol. The largest absolute Gasteiger partial charge is 0.416 e. The molecule has 2 fully saturated rings. The number of halogens is 3. The summed E-state index contributed by atoms with van der Waals surface area (Å²) < 4.78 is 38.6. The van der Waals surface area contributed by atoms with E-state index in [0.717, 1.165) is 36.9 Å². The minimum Gasteiger partial charge on any atom is -0.355 e. The Kier molecular flexibility index (Phi) is 6.29. The summed E-state index contributed by atoms with van der Waals surface area (Å²) in [4.78, 5) is 18.6. The summed E-state index contributed by atoms with van der Waals surface area (Å²) in [7, 11) is 0. The van der Waals surface area contributed by atoms with E-state index in [1.807, 2.05) is 12.1 Å². The van der Waals surface area contributed by atoms with Gasteiger partial charge < -0.3 is 14.7 Å². The Morgan fingerprint density at radius 2 is 1.45 bits per heavy atom. The first-order valence-corrected chi connectivity index (χ1v) is 10.7. The first-order chi connectivity index (χ1) is 14.9. The summed E-state index contributed by atoms with van der Waals surface area (Å²) in [6.45, 7) is 4.28. The van der Waals surface area contributed by atoms with Crippen LogP contribution in [0.2, 0.25) is 0 Å². The Balaban J connectivity index is 1.30. The number of carbonyl (C=O) groups is 1. The second kappa shape index (κ2) is 9.11. The molecule has 0 atom stereocenters. The Hall–Kier alpha value is -2.84. The fourth-order valence-electron chi connectivity index (χ4n) is 4.11. The smallest absolute Gasteiger partial charge is 0.355 e. The van der Waals surface area contributed by atoms with E-state index in [0.29, 0.717) is 31.7 Å². The van der Waals surface area contributed by atoms with Gasteiger partial charge in [-0.05, 0) is 43.0 Å². The van der Waals surface area contributed by atoms with Crippen LogP contribution in [0.15, 0.2) is 36.4 Å². The van der Waals surface area contributed by atoms with Gasteiger partial charge in [-0.25, -0.2) is 0 Å². The minimum absolute atomic E-state index is 0.0335. The van der Waals surface area contributed by atoms with Gasteiger partial charge in [-0.3, -0.25) is 4.79 Å². The average molecular weight is 433 g/mol. The van der Waals surface area contributed by atoms with Gasteiger partial charge in [-0.1, -0.05) is 18.2 Å². The maximum absolute atomic E-state index is 12.9. The van der Waals surface area contributed by atoms with Crippen LogP contribution in [0.25, 0.3) is 0 Å². The van der Waals surface area contributed by atoms with Crippen LogP contribution < -0.4 is 9.80 Å². The molecule has 0 spiro atoms. The lowest BCUT2D eigenvalue weighted by molar-refractivity contribution is -0.138. The molecule has 6 nitrogen and oxygen atoms in total. The maximum Gasteiger partial charge on any atom is 0.416 e. The van der Waals surface area contributed by atoms with Gasteiger partial charge >= 0.3 is 6.18 Å². The van der Waals surface area contributed by atoms with Crippen LogP contribution in [0.1, 0.15) is 30.4 Å². The van der Waals surface area contributed by atoms with E-state index >= 15 is 0 Å². The number of benzene rings is 1. The van der Waals surface area contributed by atoms with Crippen molar-refractivity contribution < 1.29 is 18.0 Å². The number of aromatic nitrogens is 2. The van der Waals surface area contributed by atoms with Gasteiger partial charge in [0.15, 0.2) is 11.6 Å². The molecule has 1 aromatic carbocycles. The van der Waals surface area contributed by atoms with Crippen molar-refractivity contribution in [2.75, 3.05) is 49.1 Å². The van der Waals surface area contributed by atoms with Crippen LogP contribution in [-0.2, 0) is 17.4 Å². The van der Waals surface area contributed by atoms with Gasteiger partial charge in [0.25, 0.3) is 0 Å². The summed E-state index contributed by atoms with van der Waals surface area (Å²) in [5.41, 5.74) is -0.351. The standard InChI is InChI=1S/C22H26F3N5O/c23-22(24,25)18-6-4-5-17(15-18)16-21(31)30-13-11-29(12-14-30)20-8-7-19(26-27-20)28-9-2-1-3-10-28/h4-8,15H,1-3,9-14,16H2. The van der Waals surface area contributed by atoms with Gasteiger partial charge in [0, 0.05) is 39.3 Å². The molecule has 1 aromatic heterocycles. The molecule has 2 saturated heterocycles. The first-order valence-electron chi connectivity index (χ1n) is 10.7. The van der Waals surface area contributed by atoms with E-state index in [1.54, 1.807) is 11.0 Å². The lowest BCUT2D eigenvalue weighted by Gasteiger charge is -2.35. The third-order valence-corrected chi connectivity index (χ3v) is 5.88. The zero-order chi connectivity index (χ0) is 21.8. The summed E-state index contributed by atoms with van der Waals surface area (Å²) >= 11 is 0. The van der Waals surface area contributed by atoms with Crippen LogP contribution in [0.5, 0.6) is 0 Å². The Labute approximate surface area is 179 Å². The second-order valence-electron chi connectivity index (χ2n) is 8.04. The molecule has 0 bridgehead atoms. The number of alkyl halides is 3. The van der Waals surface area contributed by atoms with Crippen molar-refractivity contribution in [2.45, 2.75) is 31.9 Å². The fraction of sp³-hybridized carbons (Fsp3) is 0.500. The molecule has 0 N–H and O–H groups in total. The van der Waals surface area contributed by atoms with E-state index in [4.69, 9.17) is 0 Å². The topological polar surface area (TPSA) is 52.6 Å². The van der Waals surface area contributed by atoms with Gasteiger partial charge in [0.2, 0.25) is 5.91 Å². The highest BCUT2D eigenvalue weighted by molar-refractivity contribution is 5.79. The van der Waals surface area contributed by atoms with Crippen molar-refractivity contribution in [2.24, 2.45) is 0 Å². The zero-order valence-electron chi connectivity index (χ0n) is 17.3. The maximum atomic E-state index is 12.9. The monoisotopic (exact) mass is 433 g/mol. The Morgan fingerprint density at radius 3 is 2.03 bits per heavy atom. The molecule has 2 aliphatic heterocycles. The number of amides is 1. The minimum atomic E-state index is -4.41. The highest BCUT2D eigenvalue weighted by atomic mass is 19.4. The summed E-state index contributed by atoms with van der Waals surface area (Å²) in [6.07, 6.45) is -0.817. The van der Waals surface area contributed by atoms with Crippen LogP contribution >= 0.6 is 0 Å². The summed E-state index contributed by atoms with van der Waals surface area (Å²) in [5.74, 6) is 1.52. The van der Waals surface area contributed by atoms with Crippen molar-refractivity contribution in [3.8, 4) is 0 Å². The molecule has 3 heterocycles. The molecule has 9 heteroatoms. The number of carbonyl (C=O) groups excluding carboxylic acids is 1. The van der Waals surface area contributed by atoms with Crippen molar-refractivity contribution >= 4 is 17.5 Å². The Bertz CT molecular complexity index is 889. The van der Waals surface area contributed by atoms with Crippen LogP contribution in [-0.4, -0.2) is 60.3 Å². The van der Waals surface area contributed by atoms with E-state index < -0.39 is 11.7 Å². The van der Waals surface area contributed by atoms with Crippen molar-refractivity contribution in [3.63, 3.8) is 0 Å². The van der Waals surface area contributed by atoms with Crippen molar-refractivity contribution in [1.29, 1.82) is 0 Å². The van der Waals surface area contributed by atoms with E-state index in [-0.39, 0.29) is 12.3 Å². The van der Waals surface area contributed by atoms with Crippen LogP contribution in [0.4, 0.5) is 24.8 Å². The molecule has 4 rings (SSSR count). The quantitative estimate of drug-likeness (QED) is 0.740. The number of rotatable bonds is 4. The molecule has 0 radical (unpaired) electrons. The second-order valence-corrected chi connectivity index (χ2v) is 8.04. The van der Waals surface area contributed by atoms with Crippen molar-refractivity contribution in [3.05, 3.63) is 47.5 Å². The summed E-state index contributed by atoms with van der Waals surface area (Å²) in [6, 6.07) is 8.94. The van der Waals surface area contributed by atoms with Crippen LogP contribution in [0.3, 0.4) is 0 Å². The molecule has 2 aliphatic rings.